The summed E-state index contributed by atoms with van der Waals surface area (Å²) in [5, 5.41) is 12.0. The number of rotatable bonds is 5. The number of thiazole rings is 1. The lowest BCUT2D eigenvalue weighted by atomic mass is 10.0. The average molecular weight is 338 g/mol. The van der Waals surface area contributed by atoms with E-state index in [1.807, 2.05) is 31.4 Å². The molecule has 0 spiro atoms. The van der Waals surface area contributed by atoms with Crippen molar-refractivity contribution in [1.29, 1.82) is 5.26 Å². The molecule has 0 amide bonds. The summed E-state index contributed by atoms with van der Waals surface area (Å²) in [6.07, 6.45) is 3.25. The molecule has 3 aromatic rings. The molecule has 0 radical (unpaired) electrons. The topological polar surface area (TPSA) is 92.7 Å². The highest BCUT2D eigenvalue weighted by Gasteiger charge is 2.24. The Hall–Kier alpha value is -2.85. The number of carbonyl (C=O) groups excluding carboxylic acids is 1. The van der Waals surface area contributed by atoms with E-state index in [4.69, 9.17) is 4.42 Å². The Morgan fingerprint density at radius 1 is 1.33 bits per heavy atom. The first-order valence-electron chi connectivity index (χ1n) is 7.28. The maximum Gasteiger partial charge on any atom is 0.164 e. The van der Waals surface area contributed by atoms with Crippen LogP contribution < -0.4 is 0 Å². The maximum absolute atomic E-state index is 12.5. The van der Waals surface area contributed by atoms with E-state index >= 15 is 0 Å². The monoisotopic (exact) mass is 338 g/mol. The number of furan rings is 1. The Morgan fingerprint density at radius 3 is 2.71 bits per heavy atom. The normalized spacial score (nSPS) is 11.9. The zero-order valence-corrected chi connectivity index (χ0v) is 14.0. The van der Waals surface area contributed by atoms with Crippen molar-refractivity contribution in [3.05, 3.63) is 52.9 Å². The van der Waals surface area contributed by atoms with Gasteiger partial charge in [0.1, 0.15) is 11.3 Å². The molecule has 3 aromatic heterocycles. The molecule has 0 aromatic carbocycles. The van der Waals surface area contributed by atoms with E-state index in [0.717, 1.165) is 22.0 Å². The van der Waals surface area contributed by atoms with Gasteiger partial charge in [-0.15, -0.1) is 11.3 Å². The van der Waals surface area contributed by atoms with Crippen LogP contribution in [0.15, 0.2) is 34.5 Å². The van der Waals surface area contributed by atoms with Crippen LogP contribution in [0.3, 0.4) is 0 Å². The Balaban J connectivity index is 1.79. The minimum Gasteiger partial charge on any atom is -0.472 e. The van der Waals surface area contributed by atoms with Gasteiger partial charge < -0.3 is 4.42 Å². The Morgan fingerprint density at radius 2 is 2.08 bits per heavy atom. The molecule has 1 unspecified atom stereocenters. The first-order chi connectivity index (χ1) is 11.6. The molecule has 0 saturated heterocycles. The minimum atomic E-state index is -0.984. The summed E-state index contributed by atoms with van der Waals surface area (Å²) in [6.45, 7) is 3.63. The van der Waals surface area contributed by atoms with Crippen LogP contribution in [0.1, 0.15) is 28.8 Å². The molecule has 0 aliphatic heterocycles. The minimum absolute atomic E-state index is 0.0723. The van der Waals surface area contributed by atoms with Gasteiger partial charge in [0.05, 0.1) is 24.4 Å². The molecule has 7 heteroatoms. The van der Waals surface area contributed by atoms with Gasteiger partial charge in [-0.1, -0.05) is 0 Å². The highest BCUT2D eigenvalue weighted by molar-refractivity contribution is 7.13. The molecular weight excluding hydrogens is 324 g/mol. The van der Waals surface area contributed by atoms with E-state index in [2.05, 4.69) is 15.0 Å². The zero-order chi connectivity index (χ0) is 17.1. The van der Waals surface area contributed by atoms with Gasteiger partial charge in [0, 0.05) is 22.3 Å². The van der Waals surface area contributed by atoms with Crippen molar-refractivity contribution >= 4 is 17.1 Å². The van der Waals surface area contributed by atoms with Crippen molar-refractivity contribution in [3.8, 4) is 16.6 Å². The molecule has 3 heterocycles. The fourth-order valence-electron chi connectivity index (χ4n) is 2.34. The molecule has 0 saturated carbocycles. The Kier molecular flexibility index (Phi) is 4.49. The largest absolute Gasteiger partial charge is 0.472 e. The second kappa shape index (κ2) is 6.72. The number of ketones is 1. The highest BCUT2D eigenvalue weighted by atomic mass is 32.1. The van der Waals surface area contributed by atoms with Crippen LogP contribution >= 0.6 is 11.3 Å². The lowest BCUT2D eigenvalue weighted by Gasteiger charge is -2.07. The summed E-state index contributed by atoms with van der Waals surface area (Å²) in [5.74, 6) is -0.987. The quantitative estimate of drug-likeness (QED) is 0.709. The van der Waals surface area contributed by atoms with E-state index in [9.17, 15) is 10.1 Å². The number of hydrogen-bond acceptors (Lipinski definition) is 7. The third kappa shape index (κ3) is 3.39. The van der Waals surface area contributed by atoms with E-state index in [1.165, 1.54) is 11.3 Å². The molecule has 0 aliphatic rings. The summed E-state index contributed by atoms with van der Waals surface area (Å²) in [5.41, 5.74) is 2.97. The maximum atomic E-state index is 12.5. The van der Waals surface area contributed by atoms with E-state index in [0.29, 0.717) is 5.69 Å². The van der Waals surface area contributed by atoms with Crippen molar-refractivity contribution in [2.45, 2.75) is 26.2 Å². The van der Waals surface area contributed by atoms with Crippen LogP contribution in [0.25, 0.3) is 10.6 Å². The average Bonchev–Trinajstić information content (AvgIpc) is 3.17. The van der Waals surface area contributed by atoms with Gasteiger partial charge in [0.15, 0.2) is 17.5 Å². The second-order valence-corrected chi connectivity index (χ2v) is 6.23. The van der Waals surface area contributed by atoms with Crippen LogP contribution in [0, 0.1) is 25.2 Å². The van der Waals surface area contributed by atoms with Gasteiger partial charge in [0.2, 0.25) is 0 Å². The second-order valence-electron chi connectivity index (χ2n) is 5.37. The first kappa shape index (κ1) is 16.0. The molecule has 0 N–H and O–H groups in total. The summed E-state index contributed by atoms with van der Waals surface area (Å²) in [6, 6.07) is 5.63. The van der Waals surface area contributed by atoms with Crippen LogP contribution in [-0.2, 0) is 11.2 Å². The van der Waals surface area contributed by atoms with E-state index in [-0.39, 0.29) is 18.0 Å². The molecule has 120 valence electrons. The summed E-state index contributed by atoms with van der Waals surface area (Å²) in [4.78, 5) is 25.4. The van der Waals surface area contributed by atoms with Crippen molar-refractivity contribution in [3.63, 3.8) is 0 Å². The third-order valence-corrected chi connectivity index (χ3v) is 4.32. The molecule has 0 aliphatic carbocycles. The van der Waals surface area contributed by atoms with E-state index < -0.39 is 5.92 Å². The number of aryl methyl sites for hydroxylation is 2. The van der Waals surface area contributed by atoms with Crippen molar-refractivity contribution in [2.75, 3.05) is 0 Å². The van der Waals surface area contributed by atoms with Crippen molar-refractivity contribution < 1.29 is 9.21 Å². The fraction of sp³-hybridized carbons (Fsp3) is 0.235. The van der Waals surface area contributed by atoms with Gasteiger partial charge in [-0.2, -0.15) is 5.26 Å². The fourth-order valence-corrected chi connectivity index (χ4v) is 3.15. The predicted octanol–water partition coefficient (Wildman–Crippen LogP) is 3.23. The van der Waals surface area contributed by atoms with Gasteiger partial charge in [-0.3, -0.25) is 4.79 Å². The number of nitrogens with zero attached hydrogens (tertiary/aromatic N) is 4. The van der Waals surface area contributed by atoms with Crippen LogP contribution in [0.4, 0.5) is 0 Å². The van der Waals surface area contributed by atoms with Crippen LogP contribution in [-0.4, -0.2) is 20.7 Å². The number of Topliss-reactive ketones (excluding diaryl/α,β-unsaturated/α-hetero) is 1. The number of hydrogen-bond donors (Lipinski definition) is 0. The van der Waals surface area contributed by atoms with Crippen molar-refractivity contribution in [1.82, 2.24) is 15.0 Å². The molecule has 24 heavy (non-hydrogen) atoms. The highest BCUT2D eigenvalue weighted by Crippen LogP contribution is 2.25. The summed E-state index contributed by atoms with van der Waals surface area (Å²) in [7, 11) is 0. The SMILES string of the molecule is Cc1cc(C)nc(C(C#N)C(=O)Cc2csc(-c3ccoc3)n2)n1. The molecule has 1 atom stereocenters. The zero-order valence-electron chi connectivity index (χ0n) is 13.2. The molecule has 0 bridgehead atoms. The van der Waals surface area contributed by atoms with Gasteiger partial charge >= 0.3 is 0 Å². The smallest absolute Gasteiger partial charge is 0.164 e. The molecule has 6 nitrogen and oxygen atoms in total. The van der Waals surface area contributed by atoms with Crippen LogP contribution in [0.5, 0.6) is 0 Å². The standard InChI is InChI=1S/C17H14N4O2S/c1-10-5-11(2)20-16(19-10)14(7-18)15(22)6-13-9-24-17(21-13)12-3-4-23-8-12/h3-5,8-9,14H,6H2,1-2H3. The summed E-state index contributed by atoms with van der Waals surface area (Å²) < 4.78 is 5.04. The number of aromatic nitrogens is 3. The van der Waals surface area contributed by atoms with Gasteiger partial charge in [-0.25, -0.2) is 15.0 Å². The Bertz CT molecular complexity index is 889. The molecule has 3 rings (SSSR count). The third-order valence-electron chi connectivity index (χ3n) is 3.38. The number of nitriles is 1. The first-order valence-corrected chi connectivity index (χ1v) is 8.16. The number of carbonyl (C=O) groups is 1. The molecule has 0 fully saturated rings. The molecular formula is C17H14N4O2S. The summed E-state index contributed by atoms with van der Waals surface area (Å²) >= 11 is 1.43. The van der Waals surface area contributed by atoms with E-state index in [1.54, 1.807) is 18.6 Å². The van der Waals surface area contributed by atoms with Crippen LogP contribution in [0.2, 0.25) is 0 Å². The van der Waals surface area contributed by atoms with Crippen molar-refractivity contribution in [2.24, 2.45) is 0 Å². The van der Waals surface area contributed by atoms with Gasteiger partial charge in [-0.05, 0) is 26.0 Å². The Labute approximate surface area is 142 Å². The predicted molar refractivity (Wildman–Crippen MR) is 88.4 cm³/mol. The van der Waals surface area contributed by atoms with Gasteiger partial charge in [0.25, 0.3) is 0 Å². The lowest BCUT2D eigenvalue weighted by Crippen LogP contribution is -2.17. The lowest BCUT2D eigenvalue weighted by molar-refractivity contribution is -0.118.